The number of esters is 1. The van der Waals surface area contributed by atoms with Crippen LogP contribution in [0.5, 0.6) is 0 Å². The van der Waals surface area contributed by atoms with Gasteiger partial charge in [0.15, 0.2) is 0 Å². The van der Waals surface area contributed by atoms with Gasteiger partial charge < -0.3 is 0 Å². The Labute approximate surface area is 91.5 Å². The van der Waals surface area contributed by atoms with Crippen LogP contribution in [0.15, 0.2) is 0 Å². The predicted molar refractivity (Wildman–Crippen MR) is 56.1 cm³/mol. The summed E-state index contributed by atoms with van der Waals surface area (Å²) in [5.41, 5.74) is 0. The molecule has 0 aromatic rings. The van der Waals surface area contributed by atoms with Crippen LogP contribution in [0.4, 0.5) is 0 Å². The van der Waals surface area contributed by atoms with E-state index in [9.17, 15) is 4.79 Å². The second-order valence-corrected chi connectivity index (χ2v) is 7.48. The molecule has 0 aromatic heterocycles. The molecule has 1 atom stereocenters. The summed E-state index contributed by atoms with van der Waals surface area (Å²) in [5, 5.41) is 0. The number of hydrogen-bond acceptors (Lipinski definition) is 2. The Kier molecular flexibility index (Phi) is 9.02. The number of unbranched alkanes of at least 4 members (excludes halogenated alkanes) is 1. The molecule has 0 aromatic carbocycles. The van der Waals surface area contributed by atoms with E-state index in [2.05, 4.69) is 13.8 Å². The van der Waals surface area contributed by atoms with E-state index in [0.717, 1.165) is 0 Å². The van der Waals surface area contributed by atoms with Crippen LogP contribution in [-0.2, 0) is 9.53 Å². The topological polar surface area (TPSA) is 26.3 Å². The Balaban J connectivity index is 3.29. The van der Waals surface area contributed by atoms with Crippen molar-refractivity contribution in [2.24, 2.45) is 0 Å². The molecule has 2 nitrogen and oxygen atoms in total. The van der Waals surface area contributed by atoms with Gasteiger partial charge in [0.2, 0.25) is 0 Å². The van der Waals surface area contributed by atoms with Crippen molar-refractivity contribution in [3.63, 3.8) is 0 Å². The molecule has 0 radical (unpaired) electrons. The predicted octanol–water partition coefficient (Wildman–Crippen LogP) is 2.67. The zero-order valence-corrected chi connectivity index (χ0v) is 11.2. The number of hydrogen-bond donors (Lipinski definition) is 0. The number of carbonyl (C=O) groups is 1. The molecular formula is C10H20O2Te. The van der Waals surface area contributed by atoms with Crippen molar-refractivity contribution in [1.82, 2.24) is 0 Å². The fourth-order valence-electron chi connectivity index (χ4n) is 0.789. The standard InChI is InChI=1S/C10H20O2Te/c1-4-6-7-13-9(3)8-12-10(11)5-2/h9H,4-8H2,1-3H3. The van der Waals surface area contributed by atoms with Crippen LogP contribution in [-0.4, -0.2) is 33.5 Å². The molecule has 3 heteroatoms. The molecule has 13 heavy (non-hydrogen) atoms. The molecule has 0 N–H and O–H groups in total. The average molecular weight is 300 g/mol. The van der Waals surface area contributed by atoms with E-state index in [-0.39, 0.29) is 26.9 Å². The van der Waals surface area contributed by atoms with E-state index in [4.69, 9.17) is 4.74 Å². The van der Waals surface area contributed by atoms with Crippen molar-refractivity contribution in [1.29, 1.82) is 0 Å². The van der Waals surface area contributed by atoms with Gasteiger partial charge >= 0.3 is 91.5 Å². The zero-order valence-electron chi connectivity index (χ0n) is 8.84. The molecule has 0 saturated carbocycles. The van der Waals surface area contributed by atoms with Gasteiger partial charge in [-0.1, -0.05) is 0 Å². The zero-order chi connectivity index (χ0) is 10.1. The SMILES string of the molecule is CCCC[Te]C(C)COC(=O)CC. The van der Waals surface area contributed by atoms with E-state index >= 15 is 0 Å². The van der Waals surface area contributed by atoms with Crippen LogP contribution in [0.1, 0.15) is 40.0 Å². The van der Waals surface area contributed by atoms with Gasteiger partial charge in [-0.25, -0.2) is 0 Å². The van der Waals surface area contributed by atoms with Gasteiger partial charge in [-0.15, -0.1) is 0 Å². The Morgan fingerprint density at radius 2 is 2.15 bits per heavy atom. The van der Waals surface area contributed by atoms with E-state index in [1.165, 1.54) is 17.3 Å². The molecule has 0 aliphatic heterocycles. The van der Waals surface area contributed by atoms with Crippen molar-refractivity contribution >= 4 is 26.9 Å². The maximum absolute atomic E-state index is 10.8. The van der Waals surface area contributed by atoms with Gasteiger partial charge in [-0.2, -0.15) is 0 Å². The van der Waals surface area contributed by atoms with E-state index in [1.54, 1.807) is 0 Å². The quantitative estimate of drug-likeness (QED) is 0.410. The average Bonchev–Trinajstić information content (AvgIpc) is 2.14. The molecule has 0 rings (SSSR count). The van der Waals surface area contributed by atoms with Crippen molar-refractivity contribution in [3.05, 3.63) is 0 Å². The Hall–Kier alpha value is 0.260. The van der Waals surface area contributed by atoms with E-state index in [1.807, 2.05) is 6.92 Å². The molecule has 0 amide bonds. The van der Waals surface area contributed by atoms with Gasteiger partial charge in [0.1, 0.15) is 0 Å². The molecule has 0 bridgehead atoms. The van der Waals surface area contributed by atoms with Crippen LogP contribution in [0.3, 0.4) is 0 Å². The first-order valence-electron chi connectivity index (χ1n) is 4.97. The number of ether oxygens (including phenoxy) is 1. The summed E-state index contributed by atoms with van der Waals surface area (Å²) >= 11 is 0.0720. The summed E-state index contributed by atoms with van der Waals surface area (Å²) < 4.78 is 7.10. The fourth-order valence-corrected chi connectivity index (χ4v) is 3.71. The van der Waals surface area contributed by atoms with Crippen LogP contribution < -0.4 is 0 Å². The van der Waals surface area contributed by atoms with Gasteiger partial charge in [0.05, 0.1) is 0 Å². The molecule has 0 aliphatic rings. The number of rotatable bonds is 7. The third-order valence-corrected chi connectivity index (χ3v) is 5.18. The first-order chi connectivity index (χ1) is 6.20. The molecule has 0 aliphatic carbocycles. The summed E-state index contributed by atoms with van der Waals surface area (Å²) in [4.78, 5) is 10.8. The molecule has 78 valence electrons. The fraction of sp³-hybridized carbons (Fsp3) is 0.900. The third kappa shape index (κ3) is 8.59. The third-order valence-electron chi connectivity index (χ3n) is 1.67. The summed E-state index contributed by atoms with van der Waals surface area (Å²) in [7, 11) is 0. The van der Waals surface area contributed by atoms with Gasteiger partial charge in [-0.3, -0.25) is 0 Å². The normalized spacial score (nSPS) is 12.5. The number of carbonyl (C=O) groups excluding carboxylic acids is 1. The van der Waals surface area contributed by atoms with Crippen LogP contribution in [0.25, 0.3) is 0 Å². The Morgan fingerprint density at radius 1 is 1.46 bits per heavy atom. The van der Waals surface area contributed by atoms with E-state index < -0.39 is 0 Å². The second kappa shape index (κ2) is 8.84. The summed E-state index contributed by atoms with van der Waals surface area (Å²) in [6.07, 6.45) is 3.13. The van der Waals surface area contributed by atoms with Crippen LogP contribution >= 0.6 is 0 Å². The first kappa shape index (κ1) is 13.3. The van der Waals surface area contributed by atoms with Gasteiger partial charge in [0, 0.05) is 0 Å². The summed E-state index contributed by atoms with van der Waals surface area (Å²) in [5.74, 6) is -0.0604. The Morgan fingerprint density at radius 3 is 2.69 bits per heavy atom. The monoisotopic (exact) mass is 302 g/mol. The van der Waals surface area contributed by atoms with Crippen LogP contribution in [0.2, 0.25) is 8.43 Å². The molecule has 0 heterocycles. The molecule has 0 fully saturated rings. The van der Waals surface area contributed by atoms with Crippen LogP contribution in [0, 0.1) is 0 Å². The van der Waals surface area contributed by atoms with Gasteiger partial charge in [-0.05, 0) is 0 Å². The van der Waals surface area contributed by atoms with Crippen molar-refractivity contribution < 1.29 is 9.53 Å². The minimum absolute atomic E-state index is 0.0604. The summed E-state index contributed by atoms with van der Waals surface area (Å²) in [6.45, 7) is 6.90. The molecule has 1 unspecified atom stereocenters. The maximum atomic E-state index is 10.8. The van der Waals surface area contributed by atoms with Crippen molar-refractivity contribution in [2.75, 3.05) is 6.61 Å². The summed E-state index contributed by atoms with van der Waals surface area (Å²) in [6, 6.07) is 0. The Bertz CT molecular complexity index is 137. The molecule has 0 spiro atoms. The van der Waals surface area contributed by atoms with E-state index in [0.29, 0.717) is 17.0 Å². The second-order valence-electron chi connectivity index (χ2n) is 3.07. The first-order valence-corrected chi connectivity index (χ1v) is 7.97. The van der Waals surface area contributed by atoms with Gasteiger partial charge in [0.25, 0.3) is 0 Å². The van der Waals surface area contributed by atoms with Crippen molar-refractivity contribution in [3.8, 4) is 0 Å². The minimum atomic E-state index is -0.0604. The molecular weight excluding hydrogens is 280 g/mol. The molecule has 0 saturated heterocycles. The van der Waals surface area contributed by atoms with Crippen molar-refractivity contribution in [2.45, 2.75) is 48.5 Å².